The van der Waals surface area contributed by atoms with Crippen LogP contribution in [0.1, 0.15) is 15.9 Å². The summed E-state index contributed by atoms with van der Waals surface area (Å²) in [5.41, 5.74) is 0.288. The smallest absolute Gasteiger partial charge is 0.279 e. The molecule has 4 nitrogen and oxygen atoms in total. The maximum absolute atomic E-state index is 13.0. The molecule has 0 saturated heterocycles. The Bertz CT molecular complexity index is 681. The van der Waals surface area contributed by atoms with E-state index >= 15 is 0 Å². The van der Waals surface area contributed by atoms with Crippen LogP contribution in [0.15, 0.2) is 54.6 Å². The van der Waals surface area contributed by atoms with Gasteiger partial charge in [0.25, 0.3) is 5.69 Å². The average molecular weight is 271 g/mol. The molecule has 0 aliphatic carbocycles. The third-order valence-electron chi connectivity index (χ3n) is 2.66. The van der Waals surface area contributed by atoms with Crippen LogP contribution in [0.25, 0.3) is 6.08 Å². The highest BCUT2D eigenvalue weighted by Crippen LogP contribution is 2.21. The number of ketones is 1. The summed E-state index contributed by atoms with van der Waals surface area (Å²) in [5, 5.41) is 10.8. The van der Waals surface area contributed by atoms with Gasteiger partial charge in [-0.25, -0.2) is 4.39 Å². The molecule has 5 heteroatoms. The topological polar surface area (TPSA) is 60.2 Å². The fraction of sp³-hybridized carbons (Fsp3) is 0. The molecular formula is C15H10FNO3. The van der Waals surface area contributed by atoms with Crippen molar-refractivity contribution in [1.29, 1.82) is 0 Å². The lowest BCUT2D eigenvalue weighted by Crippen LogP contribution is -1.95. The van der Waals surface area contributed by atoms with Crippen LogP contribution >= 0.6 is 0 Å². The lowest BCUT2D eigenvalue weighted by Gasteiger charge is -1.98. The summed E-state index contributed by atoms with van der Waals surface area (Å²) in [6.07, 6.45) is 2.54. The van der Waals surface area contributed by atoms with Crippen molar-refractivity contribution in [2.45, 2.75) is 0 Å². The van der Waals surface area contributed by atoms with Crippen LogP contribution in [0.3, 0.4) is 0 Å². The number of halogens is 1. The third-order valence-corrected chi connectivity index (χ3v) is 2.66. The van der Waals surface area contributed by atoms with E-state index in [0.29, 0.717) is 5.56 Å². The normalized spacial score (nSPS) is 10.7. The van der Waals surface area contributed by atoms with Crippen molar-refractivity contribution in [3.63, 3.8) is 0 Å². The first-order valence-corrected chi connectivity index (χ1v) is 5.79. The van der Waals surface area contributed by atoms with Crippen molar-refractivity contribution >= 4 is 17.5 Å². The van der Waals surface area contributed by atoms with Crippen LogP contribution in [0.2, 0.25) is 0 Å². The predicted octanol–water partition coefficient (Wildman–Crippen LogP) is 3.63. The van der Waals surface area contributed by atoms with Gasteiger partial charge in [0, 0.05) is 5.56 Å². The quantitative estimate of drug-likeness (QED) is 0.369. The molecule has 0 spiro atoms. The molecule has 2 rings (SSSR count). The van der Waals surface area contributed by atoms with Crippen molar-refractivity contribution in [2.75, 3.05) is 0 Å². The van der Waals surface area contributed by atoms with Gasteiger partial charge in [-0.3, -0.25) is 14.9 Å². The second-order valence-electron chi connectivity index (χ2n) is 4.02. The van der Waals surface area contributed by atoms with Gasteiger partial charge in [0.15, 0.2) is 5.78 Å². The number of nitrogens with zero attached hydrogens (tertiary/aromatic N) is 1. The van der Waals surface area contributed by atoms with Crippen LogP contribution in [-0.4, -0.2) is 10.7 Å². The van der Waals surface area contributed by atoms with E-state index in [4.69, 9.17) is 0 Å². The number of benzene rings is 2. The summed E-state index contributed by atoms with van der Waals surface area (Å²) >= 11 is 0. The number of carbonyl (C=O) groups excluding carboxylic acids is 1. The summed E-state index contributed by atoms with van der Waals surface area (Å²) in [7, 11) is 0. The Morgan fingerprint density at radius 1 is 1.15 bits per heavy atom. The predicted molar refractivity (Wildman–Crippen MR) is 72.9 cm³/mol. The highest BCUT2D eigenvalue weighted by atomic mass is 19.1. The fourth-order valence-corrected chi connectivity index (χ4v) is 1.68. The zero-order valence-corrected chi connectivity index (χ0v) is 10.3. The Morgan fingerprint density at radius 2 is 1.85 bits per heavy atom. The van der Waals surface area contributed by atoms with E-state index in [1.807, 2.05) is 0 Å². The highest BCUT2D eigenvalue weighted by Gasteiger charge is 2.12. The van der Waals surface area contributed by atoms with Crippen molar-refractivity contribution in [1.82, 2.24) is 0 Å². The van der Waals surface area contributed by atoms with E-state index in [0.717, 1.165) is 12.1 Å². The second kappa shape index (κ2) is 5.88. The Balaban J connectivity index is 2.28. The van der Waals surface area contributed by atoms with Crippen LogP contribution < -0.4 is 0 Å². The molecule has 0 saturated carbocycles. The van der Waals surface area contributed by atoms with E-state index < -0.39 is 10.7 Å². The number of nitro groups is 1. The van der Waals surface area contributed by atoms with Gasteiger partial charge in [0.05, 0.1) is 16.6 Å². The molecule has 0 radical (unpaired) electrons. The molecule has 100 valence electrons. The lowest BCUT2D eigenvalue weighted by molar-refractivity contribution is -0.385. The summed E-state index contributed by atoms with van der Waals surface area (Å²) < 4.78 is 13.0. The highest BCUT2D eigenvalue weighted by molar-refractivity contribution is 6.06. The van der Waals surface area contributed by atoms with Crippen molar-refractivity contribution < 1.29 is 14.1 Å². The van der Waals surface area contributed by atoms with Gasteiger partial charge in [0.2, 0.25) is 0 Å². The molecule has 0 aliphatic rings. The van der Waals surface area contributed by atoms with Crippen LogP contribution in [0.5, 0.6) is 0 Å². The van der Waals surface area contributed by atoms with Crippen LogP contribution in [0.4, 0.5) is 10.1 Å². The van der Waals surface area contributed by atoms with Gasteiger partial charge in [-0.05, 0) is 24.3 Å². The molecule has 0 N–H and O–H groups in total. The molecule has 0 aromatic heterocycles. The molecule has 0 amide bonds. The Hall–Kier alpha value is -2.82. The maximum atomic E-state index is 13.0. The summed E-state index contributed by atoms with van der Waals surface area (Å²) in [5.74, 6) is -0.965. The fourth-order valence-electron chi connectivity index (χ4n) is 1.68. The zero-order chi connectivity index (χ0) is 14.5. The standard InChI is InChI=1S/C15H10FNO3/c16-13-8-6-11(14(10-13)17(19)20)7-9-15(18)12-4-2-1-3-5-12/h1-10H/b9-7+. The largest absolute Gasteiger partial charge is 0.289 e. The first kappa shape index (κ1) is 13.6. The van der Waals surface area contributed by atoms with Crippen molar-refractivity contribution in [3.8, 4) is 0 Å². The number of carbonyl (C=O) groups is 1. The molecule has 20 heavy (non-hydrogen) atoms. The van der Waals surface area contributed by atoms with Crippen LogP contribution in [0, 0.1) is 15.9 Å². The monoisotopic (exact) mass is 271 g/mol. The van der Waals surface area contributed by atoms with Crippen molar-refractivity contribution in [2.24, 2.45) is 0 Å². The number of hydrogen-bond acceptors (Lipinski definition) is 3. The molecule has 0 bridgehead atoms. The second-order valence-corrected chi connectivity index (χ2v) is 4.02. The first-order chi connectivity index (χ1) is 9.58. The Morgan fingerprint density at radius 3 is 2.50 bits per heavy atom. The molecule has 0 unspecified atom stereocenters. The first-order valence-electron chi connectivity index (χ1n) is 5.79. The minimum absolute atomic E-state index is 0.181. The van der Waals surface area contributed by atoms with Gasteiger partial charge in [0.1, 0.15) is 5.82 Å². The number of hydrogen-bond donors (Lipinski definition) is 0. The molecule has 2 aromatic carbocycles. The van der Waals surface area contributed by atoms with Gasteiger partial charge in [-0.1, -0.05) is 30.3 Å². The van der Waals surface area contributed by atoms with Crippen molar-refractivity contribution in [3.05, 3.63) is 81.7 Å². The Labute approximate surface area is 114 Å². The minimum atomic E-state index is -0.691. The molecular weight excluding hydrogens is 261 g/mol. The van der Waals surface area contributed by atoms with Crippen LogP contribution in [-0.2, 0) is 0 Å². The number of nitro benzene ring substituents is 1. The van der Waals surface area contributed by atoms with E-state index in [1.54, 1.807) is 30.3 Å². The summed E-state index contributed by atoms with van der Waals surface area (Å²) in [4.78, 5) is 22.0. The lowest BCUT2D eigenvalue weighted by atomic mass is 10.1. The van der Waals surface area contributed by atoms with E-state index in [1.165, 1.54) is 18.2 Å². The molecule has 0 atom stereocenters. The number of allylic oxidation sites excluding steroid dienone is 1. The SMILES string of the molecule is O=C(/C=C/c1ccc(F)cc1[N+](=O)[O-])c1ccccc1. The van der Waals surface area contributed by atoms with E-state index in [-0.39, 0.29) is 17.0 Å². The van der Waals surface area contributed by atoms with Gasteiger partial charge in [-0.15, -0.1) is 0 Å². The zero-order valence-electron chi connectivity index (χ0n) is 10.3. The summed E-state index contributed by atoms with van der Waals surface area (Å²) in [6.45, 7) is 0. The molecule has 2 aromatic rings. The Kier molecular flexibility index (Phi) is 4.00. The minimum Gasteiger partial charge on any atom is -0.289 e. The molecule has 0 aliphatic heterocycles. The third kappa shape index (κ3) is 3.14. The summed E-state index contributed by atoms with van der Waals surface area (Å²) in [6, 6.07) is 11.7. The van der Waals surface area contributed by atoms with Gasteiger partial charge >= 0.3 is 0 Å². The number of rotatable bonds is 4. The van der Waals surface area contributed by atoms with E-state index in [2.05, 4.69) is 0 Å². The molecule has 0 fully saturated rings. The maximum Gasteiger partial charge on any atom is 0.279 e. The molecule has 0 heterocycles. The van der Waals surface area contributed by atoms with Gasteiger partial charge < -0.3 is 0 Å². The average Bonchev–Trinajstić information content (AvgIpc) is 2.46. The van der Waals surface area contributed by atoms with E-state index in [9.17, 15) is 19.3 Å². The van der Waals surface area contributed by atoms with Gasteiger partial charge in [-0.2, -0.15) is 0 Å².